The van der Waals surface area contributed by atoms with Gasteiger partial charge >= 0.3 is 18.0 Å². The Morgan fingerprint density at radius 2 is 1.97 bits per heavy atom. The van der Waals surface area contributed by atoms with E-state index in [1.54, 1.807) is 20.8 Å². The number of nitrogens with one attached hydrogen (secondary N) is 1. The first-order valence-electron chi connectivity index (χ1n) is 11.1. The third-order valence-electron chi connectivity index (χ3n) is 5.51. The van der Waals surface area contributed by atoms with Crippen LogP contribution in [0.3, 0.4) is 0 Å². The van der Waals surface area contributed by atoms with Crippen LogP contribution >= 0.6 is 23.1 Å². The molecule has 1 aromatic heterocycles. The molecule has 0 saturated carbocycles. The number of hydrogen-bond acceptors (Lipinski definition) is 14. The molecule has 15 nitrogen and oxygen atoms in total. The maximum atomic E-state index is 13.0. The number of nitrogens with two attached hydrogens (primary N) is 2. The van der Waals surface area contributed by atoms with Gasteiger partial charge in [-0.25, -0.2) is 9.78 Å². The number of thioether (sulfide) groups is 1. The molecule has 3 amide bonds. The summed E-state index contributed by atoms with van der Waals surface area (Å²) in [6.45, 7) is 3.60. The number of rotatable bonds is 9. The molecule has 2 aliphatic rings. The number of nitrogens with zero attached hydrogens (tertiary/aromatic N) is 3. The summed E-state index contributed by atoms with van der Waals surface area (Å²) in [6.07, 6.45) is -1.11. The number of amides is 3. The highest BCUT2D eigenvalue weighted by Crippen LogP contribution is 2.43. The van der Waals surface area contributed by atoms with Gasteiger partial charge in [0.05, 0.1) is 5.41 Å². The molecule has 0 radical (unpaired) electrons. The van der Waals surface area contributed by atoms with Crippen LogP contribution in [0.5, 0.6) is 0 Å². The number of esters is 2. The van der Waals surface area contributed by atoms with Crippen LogP contribution in [0.1, 0.15) is 26.5 Å². The number of anilines is 1. The SMILES string of the molecule is CON=C(C(=O)NC1C(=O)N2CC(COC(N)=O)(C(=O)OCOC(=O)C(C)(C)C)CS[C@H]12)c1csc(N)n1. The molecule has 0 spiro atoms. The molecule has 208 valence electrons. The maximum absolute atomic E-state index is 13.0. The number of oxime groups is 1. The van der Waals surface area contributed by atoms with Crippen LogP contribution in [0.2, 0.25) is 0 Å². The molecule has 0 aliphatic carbocycles. The van der Waals surface area contributed by atoms with Crippen molar-refractivity contribution in [2.45, 2.75) is 32.2 Å². The highest BCUT2D eigenvalue weighted by Gasteiger charge is 2.58. The average Bonchev–Trinajstić information content (AvgIpc) is 3.29. The molecule has 3 atom stereocenters. The normalized spacial score (nSPS) is 23.0. The highest BCUT2D eigenvalue weighted by atomic mass is 32.2. The Kier molecular flexibility index (Phi) is 8.71. The second kappa shape index (κ2) is 11.4. The van der Waals surface area contributed by atoms with Crippen LogP contribution in [-0.4, -0.2) is 89.7 Å². The van der Waals surface area contributed by atoms with Crippen LogP contribution < -0.4 is 16.8 Å². The number of carbonyl (C=O) groups is 5. The molecule has 2 fully saturated rings. The summed E-state index contributed by atoms with van der Waals surface area (Å²) in [7, 11) is 1.26. The van der Waals surface area contributed by atoms with Crippen LogP contribution in [-0.2, 0) is 38.2 Å². The number of primary amides is 1. The van der Waals surface area contributed by atoms with E-state index in [-0.39, 0.29) is 28.8 Å². The van der Waals surface area contributed by atoms with Gasteiger partial charge in [-0.05, 0) is 20.8 Å². The lowest BCUT2D eigenvalue weighted by Gasteiger charge is -2.53. The number of hydrogen-bond donors (Lipinski definition) is 3. The van der Waals surface area contributed by atoms with Crippen LogP contribution in [0.15, 0.2) is 10.5 Å². The minimum atomic E-state index is -1.48. The topological polar surface area (TPSA) is 215 Å². The lowest BCUT2D eigenvalue weighted by molar-refractivity contribution is -0.182. The van der Waals surface area contributed by atoms with Gasteiger partial charge in [-0.2, -0.15) is 0 Å². The second-order valence-electron chi connectivity index (χ2n) is 9.43. The molecule has 1 aromatic rings. The first-order valence-corrected chi connectivity index (χ1v) is 13.0. The van der Waals surface area contributed by atoms with Crippen LogP contribution in [0.25, 0.3) is 0 Å². The number of nitrogen functional groups attached to an aromatic ring is 1. The van der Waals surface area contributed by atoms with Gasteiger partial charge in [-0.3, -0.25) is 19.2 Å². The van der Waals surface area contributed by atoms with E-state index in [4.69, 9.17) is 30.5 Å². The van der Waals surface area contributed by atoms with Gasteiger partial charge in [0.15, 0.2) is 10.8 Å². The third kappa shape index (κ3) is 6.27. The number of ether oxygens (including phenoxy) is 3. The number of thiazole rings is 1. The first kappa shape index (κ1) is 29.0. The lowest BCUT2D eigenvalue weighted by Crippen LogP contribution is -2.74. The van der Waals surface area contributed by atoms with E-state index in [1.807, 2.05) is 0 Å². The minimum absolute atomic E-state index is 0.0504. The smallest absolute Gasteiger partial charge is 0.404 e. The molecule has 0 aromatic carbocycles. The molecular weight excluding hydrogens is 544 g/mol. The van der Waals surface area contributed by atoms with Crippen molar-refractivity contribution in [2.24, 2.45) is 21.7 Å². The summed E-state index contributed by atoms with van der Waals surface area (Å²) < 4.78 is 15.0. The van der Waals surface area contributed by atoms with Gasteiger partial charge in [-0.1, -0.05) is 5.16 Å². The van der Waals surface area contributed by atoms with E-state index < -0.39 is 65.5 Å². The molecule has 17 heteroatoms. The Morgan fingerprint density at radius 1 is 1.26 bits per heavy atom. The van der Waals surface area contributed by atoms with Crippen molar-refractivity contribution in [1.82, 2.24) is 15.2 Å². The fraction of sp³-hybridized carbons (Fsp3) is 0.571. The van der Waals surface area contributed by atoms with E-state index >= 15 is 0 Å². The highest BCUT2D eigenvalue weighted by molar-refractivity contribution is 8.00. The summed E-state index contributed by atoms with van der Waals surface area (Å²) in [4.78, 5) is 72.1. The van der Waals surface area contributed by atoms with E-state index in [2.05, 4.69) is 15.5 Å². The van der Waals surface area contributed by atoms with Crippen molar-refractivity contribution in [3.8, 4) is 0 Å². The van der Waals surface area contributed by atoms with Gasteiger partial charge in [-0.15, -0.1) is 23.1 Å². The summed E-state index contributed by atoms with van der Waals surface area (Å²) >= 11 is 2.27. The predicted molar refractivity (Wildman–Crippen MR) is 134 cm³/mol. The van der Waals surface area contributed by atoms with Crippen LogP contribution in [0, 0.1) is 10.8 Å². The molecular formula is C21H28N6O9S2. The van der Waals surface area contributed by atoms with Gasteiger partial charge < -0.3 is 40.7 Å². The largest absolute Gasteiger partial charge is 0.448 e. The summed E-state index contributed by atoms with van der Waals surface area (Å²) in [5.41, 5.74) is 8.46. The molecule has 0 bridgehead atoms. The first-order chi connectivity index (χ1) is 17.8. The Hall–Kier alpha value is -3.60. The number of fused-ring (bicyclic) bond motifs is 1. The van der Waals surface area contributed by atoms with Crippen molar-refractivity contribution < 1.29 is 43.0 Å². The summed E-state index contributed by atoms with van der Waals surface area (Å²) in [5.74, 6) is -2.57. The maximum Gasteiger partial charge on any atom is 0.404 e. The van der Waals surface area contributed by atoms with Crippen molar-refractivity contribution in [3.63, 3.8) is 0 Å². The zero-order valence-electron chi connectivity index (χ0n) is 21.0. The fourth-order valence-electron chi connectivity index (χ4n) is 3.51. The van der Waals surface area contributed by atoms with Gasteiger partial charge in [0, 0.05) is 17.7 Å². The van der Waals surface area contributed by atoms with Crippen molar-refractivity contribution >= 4 is 63.8 Å². The third-order valence-corrected chi connectivity index (χ3v) is 7.77. The van der Waals surface area contributed by atoms with Crippen LogP contribution in [0.4, 0.5) is 9.93 Å². The molecule has 3 rings (SSSR count). The molecule has 2 saturated heterocycles. The fourth-order valence-corrected chi connectivity index (χ4v) is 5.58. The van der Waals surface area contributed by atoms with Gasteiger partial charge in [0.1, 0.15) is 36.2 Å². The number of β-lactam (4-membered cyclic amide) rings is 1. The summed E-state index contributed by atoms with van der Waals surface area (Å²) in [6, 6.07) is -0.927. The van der Waals surface area contributed by atoms with E-state index in [1.165, 1.54) is 29.2 Å². The standard InChI is InChI=1S/C21H28N6O9S2/c1-20(2,3)16(30)35-9-36-17(31)21(7-34-19(23)32)6-27-14(29)12(15(27)38-8-21)25-13(28)11(26-33-4)10-5-37-18(22)24-10/h5,12,15H,6-9H2,1-4H3,(H2,22,24)(H2,23,32)(H,25,28)/t12?,15-,21?/m1/s1. The van der Waals surface area contributed by atoms with Crippen molar-refractivity contribution in [3.05, 3.63) is 11.1 Å². The lowest BCUT2D eigenvalue weighted by atomic mass is 9.88. The van der Waals surface area contributed by atoms with Gasteiger partial charge in [0.2, 0.25) is 12.7 Å². The zero-order chi connectivity index (χ0) is 28.3. The van der Waals surface area contributed by atoms with Crippen molar-refractivity contribution in [2.75, 3.05) is 38.5 Å². The van der Waals surface area contributed by atoms with E-state index in [0.29, 0.717) is 0 Å². The Morgan fingerprint density at radius 3 is 2.55 bits per heavy atom. The average molecular weight is 573 g/mol. The van der Waals surface area contributed by atoms with Gasteiger partial charge in [0.25, 0.3) is 5.91 Å². The predicted octanol–water partition coefficient (Wildman–Crippen LogP) is -0.353. The Balaban J connectivity index is 1.68. The minimum Gasteiger partial charge on any atom is -0.448 e. The molecule has 2 unspecified atom stereocenters. The van der Waals surface area contributed by atoms with Crippen molar-refractivity contribution in [1.29, 1.82) is 0 Å². The number of aromatic nitrogens is 1. The molecule has 2 aliphatic heterocycles. The zero-order valence-corrected chi connectivity index (χ0v) is 22.7. The molecule has 38 heavy (non-hydrogen) atoms. The second-order valence-corrected chi connectivity index (χ2v) is 11.4. The number of carbonyl (C=O) groups excluding carboxylic acids is 5. The quantitative estimate of drug-likeness (QED) is 0.114. The monoisotopic (exact) mass is 572 g/mol. The molecule has 3 heterocycles. The Labute approximate surface area is 225 Å². The van der Waals surface area contributed by atoms with E-state index in [0.717, 1.165) is 11.3 Å². The molecule has 5 N–H and O–H groups in total. The summed E-state index contributed by atoms with van der Waals surface area (Å²) in [5, 5.41) is 7.52. The van der Waals surface area contributed by atoms with E-state index in [9.17, 15) is 24.0 Å². The Bertz CT molecular complexity index is 1150.